The van der Waals surface area contributed by atoms with Crippen molar-refractivity contribution < 1.29 is 8.42 Å². The number of H-pyrrole nitrogens is 1. The quantitative estimate of drug-likeness (QED) is 0.724. The van der Waals surface area contributed by atoms with Gasteiger partial charge in [-0.2, -0.15) is 5.10 Å². The van der Waals surface area contributed by atoms with E-state index in [1.807, 2.05) is 0 Å². The number of hydrogen-bond acceptors (Lipinski definition) is 5. The number of sulfonamides is 1. The topological polar surface area (TPSA) is 110 Å². The predicted octanol–water partition coefficient (Wildman–Crippen LogP) is 0.752. The fourth-order valence-corrected chi connectivity index (χ4v) is 3.94. The second-order valence-corrected chi connectivity index (χ2v) is 7.20. The van der Waals surface area contributed by atoms with Gasteiger partial charge in [0.15, 0.2) is 0 Å². The zero-order valence-corrected chi connectivity index (χ0v) is 14.3. The third kappa shape index (κ3) is 2.72. The fourth-order valence-electron chi connectivity index (χ4n) is 2.59. The summed E-state index contributed by atoms with van der Waals surface area (Å²) in [7, 11) is -2.19. The van der Waals surface area contributed by atoms with Gasteiger partial charge in [-0.15, -0.1) is 0 Å². The van der Waals surface area contributed by atoms with Crippen molar-refractivity contribution in [3.63, 3.8) is 0 Å². The first kappa shape index (κ1) is 16.3. The Kier molecular flexibility index (Phi) is 3.98. The van der Waals surface area contributed by atoms with Crippen LogP contribution >= 0.6 is 0 Å². The normalized spacial score (nSPS) is 12.0. The molecule has 0 unspecified atom stereocenters. The minimum absolute atomic E-state index is 0.0943. The second-order valence-electron chi connectivity index (χ2n) is 5.50. The first-order chi connectivity index (χ1) is 11.3. The van der Waals surface area contributed by atoms with Crippen LogP contribution in [0, 0.1) is 13.8 Å². The Labute approximate surface area is 138 Å². The first-order valence-electron chi connectivity index (χ1n) is 7.27. The molecule has 0 saturated heterocycles. The average Bonchev–Trinajstić information content (AvgIpc) is 2.89. The molecule has 24 heavy (non-hydrogen) atoms. The monoisotopic (exact) mass is 347 g/mol. The van der Waals surface area contributed by atoms with Gasteiger partial charge in [-0.1, -0.05) is 12.1 Å². The molecule has 0 saturated carbocycles. The maximum Gasteiger partial charge on any atom is 0.261 e. The van der Waals surface area contributed by atoms with Crippen LogP contribution in [0.5, 0.6) is 0 Å². The summed E-state index contributed by atoms with van der Waals surface area (Å²) in [6.45, 7) is 3.16. The smallest absolute Gasteiger partial charge is 0.261 e. The Morgan fingerprint density at radius 2 is 1.96 bits per heavy atom. The minimum atomic E-state index is -3.76. The highest BCUT2D eigenvalue weighted by molar-refractivity contribution is 7.89. The summed E-state index contributed by atoms with van der Waals surface area (Å²) in [4.78, 5) is 16.8. The van der Waals surface area contributed by atoms with Crippen LogP contribution in [0.4, 0.5) is 0 Å². The molecule has 0 spiro atoms. The van der Waals surface area contributed by atoms with Gasteiger partial charge in [0, 0.05) is 7.05 Å². The van der Waals surface area contributed by atoms with Gasteiger partial charge >= 0.3 is 0 Å². The Hall–Kier alpha value is -2.52. The zero-order chi connectivity index (χ0) is 17.5. The Balaban J connectivity index is 1.97. The maximum absolute atomic E-state index is 12.5. The lowest BCUT2D eigenvalue weighted by atomic mass is 10.2. The lowest BCUT2D eigenvalue weighted by molar-refractivity contribution is 0.575. The van der Waals surface area contributed by atoms with Gasteiger partial charge in [0.05, 0.1) is 28.8 Å². The van der Waals surface area contributed by atoms with Gasteiger partial charge in [0.2, 0.25) is 10.0 Å². The Bertz CT molecular complexity index is 1060. The molecule has 126 valence electrons. The van der Waals surface area contributed by atoms with Gasteiger partial charge < -0.3 is 0 Å². The summed E-state index contributed by atoms with van der Waals surface area (Å²) in [5.74, 6) is 0.334. The Morgan fingerprint density at radius 3 is 2.62 bits per heavy atom. The van der Waals surface area contributed by atoms with E-state index in [9.17, 15) is 13.2 Å². The lowest BCUT2D eigenvalue weighted by Crippen LogP contribution is -2.30. The minimum Gasteiger partial charge on any atom is -0.298 e. The third-order valence-electron chi connectivity index (χ3n) is 3.83. The van der Waals surface area contributed by atoms with Gasteiger partial charge in [0.1, 0.15) is 10.7 Å². The van der Waals surface area contributed by atoms with Gasteiger partial charge in [0.25, 0.3) is 5.56 Å². The molecule has 2 heterocycles. The number of aromatic nitrogens is 4. The fraction of sp³-hybridized carbons (Fsp3) is 0.267. The summed E-state index contributed by atoms with van der Waals surface area (Å²) >= 11 is 0. The molecule has 0 amide bonds. The molecule has 8 nitrogen and oxygen atoms in total. The van der Waals surface area contributed by atoms with Crippen LogP contribution in [-0.4, -0.2) is 28.2 Å². The van der Waals surface area contributed by atoms with E-state index in [1.165, 1.54) is 4.57 Å². The highest BCUT2D eigenvalue weighted by Crippen LogP contribution is 2.16. The molecule has 0 bridgehead atoms. The lowest BCUT2D eigenvalue weighted by Gasteiger charge is -2.11. The van der Waals surface area contributed by atoms with Crippen molar-refractivity contribution in [1.82, 2.24) is 24.5 Å². The summed E-state index contributed by atoms with van der Waals surface area (Å²) < 4.78 is 28.8. The number of benzene rings is 1. The maximum atomic E-state index is 12.5. The average molecular weight is 347 g/mol. The van der Waals surface area contributed by atoms with Crippen molar-refractivity contribution in [2.24, 2.45) is 7.05 Å². The van der Waals surface area contributed by atoms with E-state index in [-0.39, 0.29) is 17.0 Å². The molecular formula is C15H17N5O3S. The molecule has 0 atom stereocenters. The summed E-state index contributed by atoms with van der Waals surface area (Å²) in [6.07, 6.45) is 0. The standard InChI is InChI=1S/C15H17N5O3S/c1-9-14(10(2)19-18-9)24(22,23)16-8-13-17-12-7-5-4-6-11(12)15(21)20(13)3/h4-7,16H,8H2,1-3H3,(H,18,19). The van der Waals surface area contributed by atoms with E-state index in [1.54, 1.807) is 45.2 Å². The number of nitrogens with zero attached hydrogens (tertiary/aromatic N) is 3. The van der Waals surface area contributed by atoms with Crippen LogP contribution in [0.1, 0.15) is 17.2 Å². The second kappa shape index (κ2) is 5.84. The van der Waals surface area contributed by atoms with Crippen molar-refractivity contribution in [3.05, 3.63) is 51.8 Å². The highest BCUT2D eigenvalue weighted by Gasteiger charge is 2.22. The van der Waals surface area contributed by atoms with Gasteiger partial charge in [-0.3, -0.25) is 14.5 Å². The third-order valence-corrected chi connectivity index (χ3v) is 5.49. The van der Waals surface area contributed by atoms with E-state index < -0.39 is 10.0 Å². The Morgan fingerprint density at radius 1 is 1.25 bits per heavy atom. The van der Waals surface area contributed by atoms with E-state index in [2.05, 4.69) is 19.9 Å². The molecule has 0 aliphatic heterocycles. The van der Waals surface area contributed by atoms with Crippen molar-refractivity contribution in [1.29, 1.82) is 0 Å². The van der Waals surface area contributed by atoms with Gasteiger partial charge in [-0.05, 0) is 26.0 Å². The van der Waals surface area contributed by atoms with Crippen molar-refractivity contribution in [3.8, 4) is 0 Å². The molecule has 3 aromatic rings. The van der Waals surface area contributed by atoms with Crippen LogP contribution in [0.15, 0.2) is 34.0 Å². The van der Waals surface area contributed by atoms with Crippen molar-refractivity contribution in [2.45, 2.75) is 25.3 Å². The van der Waals surface area contributed by atoms with Crippen molar-refractivity contribution in [2.75, 3.05) is 0 Å². The molecule has 0 aliphatic rings. The number of para-hydroxylation sites is 1. The summed E-state index contributed by atoms with van der Waals surface area (Å²) in [5.41, 5.74) is 1.16. The summed E-state index contributed by atoms with van der Waals surface area (Å²) in [5, 5.41) is 7.03. The van der Waals surface area contributed by atoms with Crippen LogP contribution < -0.4 is 10.3 Å². The molecule has 9 heteroatoms. The largest absolute Gasteiger partial charge is 0.298 e. The molecule has 0 aliphatic carbocycles. The van der Waals surface area contributed by atoms with Crippen LogP contribution in [0.3, 0.4) is 0 Å². The molecule has 2 aromatic heterocycles. The van der Waals surface area contributed by atoms with Crippen LogP contribution in [0.25, 0.3) is 10.9 Å². The highest BCUT2D eigenvalue weighted by atomic mass is 32.2. The number of aryl methyl sites for hydroxylation is 2. The van der Waals surface area contributed by atoms with E-state index in [0.29, 0.717) is 28.1 Å². The number of aromatic amines is 1. The number of rotatable bonds is 4. The SMILES string of the molecule is Cc1n[nH]c(C)c1S(=O)(=O)NCc1nc2ccccc2c(=O)n1C. The van der Waals surface area contributed by atoms with E-state index in [4.69, 9.17) is 0 Å². The molecule has 2 N–H and O–H groups in total. The van der Waals surface area contributed by atoms with E-state index in [0.717, 1.165) is 0 Å². The van der Waals surface area contributed by atoms with Crippen LogP contribution in [-0.2, 0) is 23.6 Å². The molecule has 0 fully saturated rings. The van der Waals surface area contributed by atoms with Crippen LogP contribution in [0.2, 0.25) is 0 Å². The zero-order valence-electron chi connectivity index (χ0n) is 13.5. The van der Waals surface area contributed by atoms with E-state index >= 15 is 0 Å². The number of fused-ring (bicyclic) bond motifs is 1. The molecule has 1 aromatic carbocycles. The molecule has 3 rings (SSSR count). The molecular weight excluding hydrogens is 330 g/mol. The molecule has 0 radical (unpaired) electrons. The number of nitrogens with one attached hydrogen (secondary N) is 2. The van der Waals surface area contributed by atoms with Crippen molar-refractivity contribution >= 4 is 20.9 Å². The number of hydrogen-bond donors (Lipinski definition) is 2. The summed E-state index contributed by atoms with van der Waals surface area (Å²) in [6, 6.07) is 6.95. The first-order valence-corrected chi connectivity index (χ1v) is 8.75. The predicted molar refractivity (Wildman–Crippen MR) is 89.1 cm³/mol. The van der Waals surface area contributed by atoms with Gasteiger partial charge in [-0.25, -0.2) is 18.1 Å².